The van der Waals surface area contributed by atoms with Crippen molar-refractivity contribution in [3.05, 3.63) is 29.8 Å². The van der Waals surface area contributed by atoms with Crippen molar-refractivity contribution in [1.29, 1.82) is 0 Å². The van der Waals surface area contributed by atoms with Crippen LogP contribution >= 0.6 is 0 Å². The Kier molecular flexibility index (Phi) is 7.09. The Bertz CT molecular complexity index is 418. The third-order valence-electron chi connectivity index (χ3n) is 3.24. The summed E-state index contributed by atoms with van der Waals surface area (Å²) < 4.78 is 0. The van der Waals surface area contributed by atoms with Gasteiger partial charge in [-0.2, -0.15) is 0 Å². The van der Waals surface area contributed by atoms with Crippen LogP contribution in [0.1, 0.15) is 25.3 Å². The zero-order chi connectivity index (χ0) is 15.0. The second-order valence-corrected chi connectivity index (χ2v) is 5.43. The van der Waals surface area contributed by atoms with Gasteiger partial charge in [-0.15, -0.1) is 0 Å². The van der Waals surface area contributed by atoms with Crippen molar-refractivity contribution >= 4 is 11.6 Å². The highest BCUT2D eigenvalue weighted by Crippen LogP contribution is 2.10. The number of amides is 1. The summed E-state index contributed by atoms with van der Waals surface area (Å²) in [7, 11) is 4.06. The number of rotatable bonds is 8. The molecule has 0 aliphatic heterocycles. The van der Waals surface area contributed by atoms with Gasteiger partial charge in [-0.05, 0) is 44.6 Å². The van der Waals surface area contributed by atoms with E-state index >= 15 is 0 Å². The molecule has 1 rings (SSSR count). The number of nitrogens with two attached hydrogens (primary N) is 1. The first kappa shape index (κ1) is 16.5. The fourth-order valence-corrected chi connectivity index (χ4v) is 2.11. The third kappa shape index (κ3) is 6.06. The van der Waals surface area contributed by atoms with E-state index in [1.165, 1.54) is 0 Å². The largest absolute Gasteiger partial charge is 0.399 e. The lowest BCUT2D eigenvalue weighted by atomic mass is 10.1. The van der Waals surface area contributed by atoms with Gasteiger partial charge in [0.1, 0.15) is 0 Å². The monoisotopic (exact) mass is 277 g/mol. The van der Waals surface area contributed by atoms with E-state index in [-0.39, 0.29) is 5.91 Å². The fraction of sp³-hybridized carbons (Fsp3) is 0.562. The third-order valence-corrected chi connectivity index (χ3v) is 3.24. The first-order valence-corrected chi connectivity index (χ1v) is 7.30. The number of likely N-dealkylation sites (N-methyl/N-ethyl adjacent to an activating group) is 1. The normalized spacial score (nSPS) is 10.8. The quantitative estimate of drug-likeness (QED) is 0.739. The Balaban J connectivity index is 2.48. The molecule has 1 aromatic carbocycles. The van der Waals surface area contributed by atoms with E-state index in [9.17, 15) is 4.79 Å². The van der Waals surface area contributed by atoms with Gasteiger partial charge in [0, 0.05) is 31.7 Å². The molecule has 1 aromatic rings. The van der Waals surface area contributed by atoms with Crippen molar-refractivity contribution in [2.45, 2.75) is 26.2 Å². The Morgan fingerprint density at radius 2 is 1.95 bits per heavy atom. The number of carbonyl (C=O) groups is 1. The molecule has 4 heteroatoms. The lowest BCUT2D eigenvalue weighted by Crippen LogP contribution is -2.37. The van der Waals surface area contributed by atoms with Gasteiger partial charge in [0.15, 0.2) is 0 Å². The standard InChI is InChI=1S/C16H27N3O/c1-4-10-19(12-11-18(2)3)16(20)9-8-14-6-5-7-15(17)13-14/h5-7,13H,4,8-12,17H2,1-3H3. The average molecular weight is 277 g/mol. The highest BCUT2D eigenvalue weighted by molar-refractivity contribution is 5.76. The summed E-state index contributed by atoms with van der Waals surface area (Å²) in [4.78, 5) is 16.3. The van der Waals surface area contributed by atoms with Crippen molar-refractivity contribution in [3.8, 4) is 0 Å². The lowest BCUT2D eigenvalue weighted by molar-refractivity contribution is -0.131. The van der Waals surface area contributed by atoms with Gasteiger partial charge in [0.2, 0.25) is 5.91 Å². The lowest BCUT2D eigenvalue weighted by Gasteiger charge is -2.24. The van der Waals surface area contributed by atoms with E-state index in [4.69, 9.17) is 5.73 Å². The Morgan fingerprint density at radius 1 is 1.20 bits per heavy atom. The maximum Gasteiger partial charge on any atom is 0.222 e. The van der Waals surface area contributed by atoms with Crippen molar-refractivity contribution in [2.24, 2.45) is 0 Å². The van der Waals surface area contributed by atoms with Gasteiger partial charge in [-0.25, -0.2) is 0 Å². The molecule has 0 fully saturated rings. The molecule has 0 aliphatic rings. The fourth-order valence-electron chi connectivity index (χ4n) is 2.11. The first-order chi connectivity index (χ1) is 9.52. The van der Waals surface area contributed by atoms with Gasteiger partial charge in [-0.3, -0.25) is 4.79 Å². The van der Waals surface area contributed by atoms with Gasteiger partial charge < -0.3 is 15.5 Å². The van der Waals surface area contributed by atoms with E-state index in [1.54, 1.807) is 0 Å². The highest BCUT2D eigenvalue weighted by Gasteiger charge is 2.12. The summed E-state index contributed by atoms with van der Waals surface area (Å²) in [6.07, 6.45) is 2.31. The van der Waals surface area contributed by atoms with Crippen LogP contribution in [0.4, 0.5) is 5.69 Å². The van der Waals surface area contributed by atoms with E-state index in [0.717, 1.165) is 43.7 Å². The molecule has 0 saturated carbocycles. The SMILES string of the molecule is CCCN(CCN(C)C)C(=O)CCc1cccc(N)c1. The Hall–Kier alpha value is -1.55. The molecule has 4 nitrogen and oxygen atoms in total. The van der Waals surface area contributed by atoms with Crippen LogP contribution in [-0.4, -0.2) is 49.4 Å². The zero-order valence-corrected chi connectivity index (χ0v) is 12.9. The first-order valence-electron chi connectivity index (χ1n) is 7.30. The Labute approximate surface area is 122 Å². The maximum atomic E-state index is 12.3. The maximum absolute atomic E-state index is 12.3. The van der Waals surface area contributed by atoms with Crippen molar-refractivity contribution in [2.75, 3.05) is 39.5 Å². The van der Waals surface area contributed by atoms with Gasteiger partial charge in [-0.1, -0.05) is 19.1 Å². The molecular weight excluding hydrogens is 250 g/mol. The average Bonchev–Trinajstić information content (AvgIpc) is 2.40. The molecule has 0 radical (unpaired) electrons. The minimum Gasteiger partial charge on any atom is -0.399 e. The molecule has 0 bridgehead atoms. The van der Waals surface area contributed by atoms with E-state index < -0.39 is 0 Å². The molecule has 0 heterocycles. The van der Waals surface area contributed by atoms with Crippen LogP contribution in [0.2, 0.25) is 0 Å². The van der Waals surface area contributed by atoms with Gasteiger partial charge in [0.05, 0.1) is 0 Å². The van der Waals surface area contributed by atoms with Crippen LogP contribution in [0, 0.1) is 0 Å². The molecule has 1 amide bonds. The van der Waals surface area contributed by atoms with Crippen molar-refractivity contribution < 1.29 is 4.79 Å². The van der Waals surface area contributed by atoms with Crippen LogP contribution in [0.15, 0.2) is 24.3 Å². The molecule has 0 aliphatic carbocycles. The predicted octanol–water partition coefficient (Wildman–Crippen LogP) is 2.00. The second-order valence-electron chi connectivity index (χ2n) is 5.43. The van der Waals surface area contributed by atoms with E-state index in [1.807, 2.05) is 43.3 Å². The number of aryl methyl sites for hydroxylation is 1. The molecule has 20 heavy (non-hydrogen) atoms. The van der Waals surface area contributed by atoms with Gasteiger partial charge >= 0.3 is 0 Å². The number of nitrogen functional groups attached to an aromatic ring is 1. The number of nitrogens with zero attached hydrogens (tertiary/aromatic N) is 2. The number of hydrogen-bond donors (Lipinski definition) is 1. The summed E-state index contributed by atoms with van der Waals surface area (Å²) >= 11 is 0. The van der Waals surface area contributed by atoms with Crippen molar-refractivity contribution in [1.82, 2.24) is 9.80 Å². The topological polar surface area (TPSA) is 49.6 Å². The molecule has 0 saturated heterocycles. The Morgan fingerprint density at radius 3 is 2.55 bits per heavy atom. The van der Waals surface area contributed by atoms with Gasteiger partial charge in [0.25, 0.3) is 0 Å². The molecule has 0 spiro atoms. The number of anilines is 1. The minimum atomic E-state index is 0.233. The summed E-state index contributed by atoms with van der Waals surface area (Å²) in [5.74, 6) is 0.233. The summed E-state index contributed by atoms with van der Waals surface area (Å²) in [6, 6.07) is 7.77. The highest BCUT2D eigenvalue weighted by atomic mass is 16.2. The zero-order valence-electron chi connectivity index (χ0n) is 12.9. The molecule has 0 unspecified atom stereocenters. The second kappa shape index (κ2) is 8.59. The van der Waals surface area contributed by atoms with Crippen LogP contribution in [0.3, 0.4) is 0 Å². The number of carbonyl (C=O) groups excluding carboxylic acids is 1. The van der Waals surface area contributed by atoms with Crippen molar-refractivity contribution in [3.63, 3.8) is 0 Å². The molecule has 2 N–H and O–H groups in total. The van der Waals surface area contributed by atoms with Crippen LogP contribution in [-0.2, 0) is 11.2 Å². The molecule has 0 atom stereocenters. The van der Waals surface area contributed by atoms with Crippen LogP contribution in [0.25, 0.3) is 0 Å². The number of benzene rings is 1. The van der Waals surface area contributed by atoms with E-state index in [2.05, 4.69) is 11.8 Å². The molecule has 0 aromatic heterocycles. The van der Waals surface area contributed by atoms with E-state index in [0.29, 0.717) is 6.42 Å². The summed E-state index contributed by atoms with van der Waals surface area (Å²) in [5.41, 5.74) is 7.64. The summed E-state index contributed by atoms with van der Waals surface area (Å²) in [6.45, 7) is 4.65. The summed E-state index contributed by atoms with van der Waals surface area (Å²) in [5, 5.41) is 0. The molecular formula is C16H27N3O. The smallest absolute Gasteiger partial charge is 0.222 e. The predicted molar refractivity (Wildman–Crippen MR) is 84.6 cm³/mol. The van der Waals surface area contributed by atoms with Crippen LogP contribution in [0.5, 0.6) is 0 Å². The number of hydrogen-bond acceptors (Lipinski definition) is 3. The minimum absolute atomic E-state index is 0.233. The molecule has 112 valence electrons. The van der Waals surface area contributed by atoms with Crippen LogP contribution < -0.4 is 5.73 Å².